The Balaban J connectivity index is 2.23. The van der Waals surface area contributed by atoms with Crippen LogP contribution in [0, 0.1) is 0 Å². The number of thioether (sulfide) groups is 1. The molecule has 0 amide bonds. The lowest BCUT2D eigenvalue weighted by Gasteiger charge is -2.19. The monoisotopic (exact) mass is 328 g/mol. The molecule has 90 valence electrons. The van der Waals surface area contributed by atoms with Crippen molar-refractivity contribution < 1.29 is 0 Å². The van der Waals surface area contributed by atoms with E-state index < -0.39 is 0 Å². The average molecular weight is 329 g/mol. The van der Waals surface area contributed by atoms with Crippen molar-refractivity contribution >= 4 is 39.0 Å². The van der Waals surface area contributed by atoms with Crippen LogP contribution in [0.1, 0.15) is 17.7 Å². The van der Waals surface area contributed by atoms with Gasteiger partial charge in [-0.1, -0.05) is 39.8 Å². The number of hydrogen-bond donors (Lipinski definition) is 1. The zero-order chi connectivity index (χ0) is 12.3. The molecule has 0 radical (unpaired) electrons. The minimum absolute atomic E-state index is 0.0817. The van der Waals surface area contributed by atoms with Gasteiger partial charge in [-0.15, -0.1) is 11.3 Å². The van der Waals surface area contributed by atoms with E-state index in [4.69, 9.17) is 5.73 Å². The highest BCUT2D eigenvalue weighted by atomic mass is 79.9. The van der Waals surface area contributed by atoms with Crippen molar-refractivity contribution in [2.75, 3.05) is 0 Å². The molecule has 2 unspecified atom stereocenters. The van der Waals surface area contributed by atoms with E-state index in [1.165, 1.54) is 5.56 Å². The smallest absolute Gasteiger partial charge is 0.150 e. The molecule has 2 aromatic rings. The van der Waals surface area contributed by atoms with Crippen LogP contribution in [0.5, 0.6) is 0 Å². The van der Waals surface area contributed by atoms with Crippen molar-refractivity contribution in [3.05, 3.63) is 45.9 Å². The Hall–Kier alpha value is -0.360. The van der Waals surface area contributed by atoms with Crippen LogP contribution in [0.4, 0.5) is 0 Å². The van der Waals surface area contributed by atoms with Crippen LogP contribution < -0.4 is 5.73 Å². The van der Waals surface area contributed by atoms with E-state index >= 15 is 0 Å². The maximum Gasteiger partial charge on any atom is 0.150 e. The molecule has 0 fully saturated rings. The van der Waals surface area contributed by atoms with Crippen molar-refractivity contribution in [1.29, 1.82) is 0 Å². The van der Waals surface area contributed by atoms with Crippen molar-refractivity contribution in [2.45, 2.75) is 22.6 Å². The SMILES string of the molecule is CC(N)C(Sc1nccs1)c1cccc(Br)c1. The van der Waals surface area contributed by atoms with Gasteiger partial charge in [0.1, 0.15) is 4.34 Å². The van der Waals surface area contributed by atoms with Crippen LogP contribution in [0.15, 0.2) is 44.7 Å². The number of nitrogens with zero attached hydrogens (tertiary/aromatic N) is 1. The summed E-state index contributed by atoms with van der Waals surface area (Å²) in [6, 6.07) is 8.37. The highest BCUT2D eigenvalue weighted by molar-refractivity contribution is 9.10. The Morgan fingerprint density at radius 3 is 2.88 bits per heavy atom. The van der Waals surface area contributed by atoms with E-state index in [2.05, 4.69) is 33.0 Å². The Morgan fingerprint density at radius 1 is 1.47 bits per heavy atom. The molecule has 1 aromatic carbocycles. The van der Waals surface area contributed by atoms with Gasteiger partial charge in [0.05, 0.1) is 5.25 Å². The first-order chi connectivity index (χ1) is 8.16. The number of nitrogens with two attached hydrogens (primary N) is 1. The molecule has 0 aliphatic rings. The van der Waals surface area contributed by atoms with Gasteiger partial charge in [-0.05, 0) is 24.6 Å². The summed E-state index contributed by atoms with van der Waals surface area (Å²) in [4.78, 5) is 4.30. The van der Waals surface area contributed by atoms with Crippen LogP contribution in [0.3, 0.4) is 0 Å². The van der Waals surface area contributed by atoms with Crippen LogP contribution in [0.2, 0.25) is 0 Å². The number of benzene rings is 1. The first kappa shape index (κ1) is 13.1. The second kappa shape index (κ2) is 6.00. The van der Waals surface area contributed by atoms with Gasteiger partial charge in [0.15, 0.2) is 0 Å². The largest absolute Gasteiger partial charge is 0.327 e. The third kappa shape index (κ3) is 3.55. The standard InChI is InChI=1S/C12H13BrN2S2/c1-8(14)11(17-12-15-5-6-16-12)9-3-2-4-10(13)7-9/h2-8,11H,14H2,1H3. The van der Waals surface area contributed by atoms with E-state index in [1.807, 2.05) is 30.6 Å². The summed E-state index contributed by atoms with van der Waals surface area (Å²) in [6.45, 7) is 2.03. The zero-order valence-corrected chi connectivity index (χ0v) is 12.6. The van der Waals surface area contributed by atoms with Crippen molar-refractivity contribution in [2.24, 2.45) is 5.73 Å². The second-order valence-electron chi connectivity index (χ2n) is 3.75. The van der Waals surface area contributed by atoms with Crippen molar-refractivity contribution in [1.82, 2.24) is 4.98 Å². The van der Waals surface area contributed by atoms with Crippen molar-refractivity contribution in [3.8, 4) is 0 Å². The molecule has 2 atom stereocenters. The van der Waals surface area contributed by atoms with Gasteiger partial charge >= 0.3 is 0 Å². The van der Waals surface area contributed by atoms with Gasteiger partial charge in [0, 0.05) is 22.1 Å². The lowest BCUT2D eigenvalue weighted by atomic mass is 10.1. The Morgan fingerprint density at radius 2 is 2.29 bits per heavy atom. The second-order valence-corrected chi connectivity index (χ2v) is 6.95. The fourth-order valence-corrected chi connectivity index (χ4v) is 3.85. The Labute approximate surface area is 118 Å². The summed E-state index contributed by atoms with van der Waals surface area (Å²) >= 11 is 6.87. The fraction of sp³-hybridized carbons (Fsp3) is 0.250. The molecule has 5 heteroatoms. The van der Waals surface area contributed by atoms with Gasteiger partial charge in [-0.2, -0.15) is 0 Å². The molecule has 0 saturated carbocycles. The maximum absolute atomic E-state index is 6.08. The number of hydrogen-bond acceptors (Lipinski definition) is 4. The Kier molecular flexibility index (Phi) is 4.62. The molecular formula is C12H13BrN2S2. The zero-order valence-electron chi connectivity index (χ0n) is 9.34. The molecule has 0 spiro atoms. The number of thiazole rings is 1. The normalized spacial score (nSPS) is 14.5. The first-order valence-corrected chi connectivity index (χ1v) is 7.79. The molecule has 0 aliphatic heterocycles. The molecule has 2 N–H and O–H groups in total. The predicted molar refractivity (Wildman–Crippen MR) is 78.5 cm³/mol. The minimum Gasteiger partial charge on any atom is -0.327 e. The average Bonchev–Trinajstić information content (AvgIpc) is 2.78. The van der Waals surface area contributed by atoms with E-state index in [0.717, 1.165) is 8.81 Å². The van der Waals surface area contributed by atoms with E-state index in [9.17, 15) is 0 Å². The third-order valence-electron chi connectivity index (χ3n) is 2.29. The number of halogens is 1. The summed E-state index contributed by atoms with van der Waals surface area (Å²) in [5.41, 5.74) is 7.31. The molecule has 1 aromatic heterocycles. The number of aromatic nitrogens is 1. The topological polar surface area (TPSA) is 38.9 Å². The predicted octanol–water partition coefficient (Wildman–Crippen LogP) is 4.09. The van der Waals surface area contributed by atoms with E-state index in [1.54, 1.807) is 23.1 Å². The molecule has 17 heavy (non-hydrogen) atoms. The lowest BCUT2D eigenvalue weighted by molar-refractivity contribution is 0.721. The van der Waals surface area contributed by atoms with E-state index in [-0.39, 0.29) is 11.3 Å². The number of rotatable bonds is 4. The molecule has 1 heterocycles. The van der Waals surface area contributed by atoms with Gasteiger partial charge in [-0.3, -0.25) is 0 Å². The van der Waals surface area contributed by atoms with Crippen LogP contribution in [0.25, 0.3) is 0 Å². The van der Waals surface area contributed by atoms with Gasteiger partial charge in [0.25, 0.3) is 0 Å². The fourth-order valence-electron chi connectivity index (χ4n) is 1.54. The van der Waals surface area contributed by atoms with Crippen LogP contribution >= 0.6 is 39.0 Å². The minimum atomic E-state index is 0.0817. The summed E-state index contributed by atoms with van der Waals surface area (Å²) in [5.74, 6) is 0. The molecule has 2 rings (SSSR count). The lowest BCUT2D eigenvalue weighted by Crippen LogP contribution is -2.22. The van der Waals surface area contributed by atoms with E-state index in [0.29, 0.717) is 0 Å². The highest BCUT2D eigenvalue weighted by Crippen LogP contribution is 2.38. The van der Waals surface area contributed by atoms with Crippen LogP contribution in [-0.2, 0) is 0 Å². The summed E-state index contributed by atoms with van der Waals surface area (Å²) in [5, 5.41) is 2.22. The molecule has 0 aliphatic carbocycles. The maximum atomic E-state index is 6.08. The molecule has 0 bridgehead atoms. The molecule has 2 nitrogen and oxygen atoms in total. The summed E-state index contributed by atoms with van der Waals surface area (Å²) in [6.07, 6.45) is 1.83. The summed E-state index contributed by atoms with van der Waals surface area (Å²) in [7, 11) is 0. The van der Waals surface area contributed by atoms with Gasteiger partial charge < -0.3 is 5.73 Å². The highest BCUT2D eigenvalue weighted by Gasteiger charge is 2.19. The summed E-state index contributed by atoms with van der Waals surface area (Å²) < 4.78 is 2.15. The van der Waals surface area contributed by atoms with Crippen molar-refractivity contribution in [3.63, 3.8) is 0 Å². The third-order valence-corrected chi connectivity index (χ3v) is 5.19. The first-order valence-electron chi connectivity index (χ1n) is 5.24. The van der Waals surface area contributed by atoms with Gasteiger partial charge in [0.2, 0.25) is 0 Å². The van der Waals surface area contributed by atoms with Gasteiger partial charge in [-0.25, -0.2) is 4.98 Å². The quantitative estimate of drug-likeness (QED) is 0.859. The molecular weight excluding hydrogens is 316 g/mol. The molecule has 0 saturated heterocycles. The Bertz CT molecular complexity index is 471. The van der Waals surface area contributed by atoms with Crippen LogP contribution in [-0.4, -0.2) is 11.0 Å².